The molecular formula is C13H15FN4OS. The minimum Gasteiger partial charge on any atom is -0.338 e. The number of nitrogens with zero attached hydrogens (tertiary/aromatic N) is 3. The van der Waals surface area contributed by atoms with Crippen molar-refractivity contribution in [3.8, 4) is 0 Å². The summed E-state index contributed by atoms with van der Waals surface area (Å²) in [6.45, 7) is 2.88. The number of hydrogen-bond acceptors (Lipinski definition) is 4. The lowest BCUT2D eigenvalue weighted by Crippen LogP contribution is -2.31. The summed E-state index contributed by atoms with van der Waals surface area (Å²) in [6, 6.07) is 6.29. The minimum absolute atomic E-state index is 0.0156. The molecule has 1 aromatic carbocycles. The highest BCUT2D eigenvalue weighted by Gasteiger charge is 2.13. The third-order valence-electron chi connectivity index (χ3n) is 2.72. The van der Waals surface area contributed by atoms with Crippen LogP contribution < -0.4 is 0 Å². The Balaban J connectivity index is 1.92. The molecule has 0 radical (unpaired) electrons. The fraction of sp³-hybridized carbons (Fsp3) is 0.308. The molecule has 0 aliphatic carbocycles. The maximum atomic E-state index is 13.1. The second kappa shape index (κ2) is 7.04. The molecule has 1 heterocycles. The maximum absolute atomic E-state index is 13.1. The molecule has 0 saturated carbocycles. The summed E-state index contributed by atoms with van der Waals surface area (Å²) in [4.78, 5) is 17.7. The number of halogens is 1. The van der Waals surface area contributed by atoms with E-state index in [2.05, 4.69) is 15.2 Å². The van der Waals surface area contributed by atoms with Gasteiger partial charge in [-0.25, -0.2) is 9.37 Å². The van der Waals surface area contributed by atoms with Gasteiger partial charge in [-0.2, -0.15) is 5.10 Å². The Morgan fingerprint density at radius 3 is 3.00 bits per heavy atom. The van der Waals surface area contributed by atoms with Crippen molar-refractivity contribution in [3.05, 3.63) is 42.0 Å². The van der Waals surface area contributed by atoms with E-state index in [1.54, 1.807) is 11.0 Å². The van der Waals surface area contributed by atoms with E-state index in [9.17, 15) is 9.18 Å². The van der Waals surface area contributed by atoms with Crippen molar-refractivity contribution < 1.29 is 9.18 Å². The van der Waals surface area contributed by atoms with Gasteiger partial charge in [-0.3, -0.25) is 9.89 Å². The number of amides is 1. The van der Waals surface area contributed by atoms with Crippen molar-refractivity contribution in [1.82, 2.24) is 20.1 Å². The van der Waals surface area contributed by atoms with E-state index in [1.807, 2.05) is 13.0 Å². The van der Waals surface area contributed by atoms with Crippen LogP contribution in [-0.2, 0) is 11.3 Å². The Labute approximate surface area is 120 Å². The van der Waals surface area contributed by atoms with Gasteiger partial charge in [0.05, 0.1) is 5.75 Å². The van der Waals surface area contributed by atoms with Crippen LogP contribution in [0.15, 0.2) is 35.7 Å². The van der Waals surface area contributed by atoms with Gasteiger partial charge in [0.1, 0.15) is 12.1 Å². The van der Waals surface area contributed by atoms with Gasteiger partial charge >= 0.3 is 0 Å². The molecule has 0 spiro atoms. The van der Waals surface area contributed by atoms with E-state index >= 15 is 0 Å². The van der Waals surface area contributed by atoms with E-state index in [1.165, 1.54) is 30.2 Å². The molecule has 2 aromatic rings. The maximum Gasteiger partial charge on any atom is 0.233 e. The van der Waals surface area contributed by atoms with E-state index < -0.39 is 0 Å². The molecule has 0 bridgehead atoms. The summed E-state index contributed by atoms with van der Waals surface area (Å²) >= 11 is 1.30. The molecule has 0 aliphatic rings. The average Bonchev–Trinajstić information content (AvgIpc) is 2.95. The Kier molecular flexibility index (Phi) is 5.11. The number of carbonyl (C=O) groups excluding carboxylic acids is 1. The quantitative estimate of drug-likeness (QED) is 0.829. The normalized spacial score (nSPS) is 10.5. The third-order valence-corrected chi connectivity index (χ3v) is 3.58. The highest BCUT2D eigenvalue weighted by molar-refractivity contribution is 7.99. The van der Waals surface area contributed by atoms with Gasteiger partial charge in [0.2, 0.25) is 5.91 Å². The van der Waals surface area contributed by atoms with Crippen LogP contribution in [0.4, 0.5) is 4.39 Å². The molecule has 1 amide bonds. The average molecular weight is 294 g/mol. The van der Waals surface area contributed by atoms with E-state index in [-0.39, 0.29) is 17.5 Å². The van der Waals surface area contributed by atoms with Gasteiger partial charge < -0.3 is 4.90 Å². The predicted octanol–water partition coefficient (Wildman–Crippen LogP) is 2.08. The lowest BCUT2D eigenvalue weighted by atomic mass is 10.2. The first kappa shape index (κ1) is 14.5. The molecule has 1 aromatic heterocycles. The number of nitrogens with one attached hydrogen (secondary N) is 1. The number of hydrogen-bond donors (Lipinski definition) is 1. The highest BCUT2D eigenvalue weighted by Crippen LogP contribution is 2.13. The Morgan fingerprint density at radius 1 is 1.50 bits per heavy atom. The molecule has 20 heavy (non-hydrogen) atoms. The van der Waals surface area contributed by atoms with Crippen LogP contribution >= 0.6 is 11.8 Å². The van der Waals surface area contributed by atoms with Gasteiger partial charge in [0, 0.05) is 13.1 Å². The van der Waals surface area contributed by atoms with Crippen LogP contribution in [-0.4, -0.2) is 38.3 Å². The minimum atomic E-state index is -0.290. The number of thioether (sulfide) groups is 1. The molecule has 0 fully saturated rings. The number of rotatable bonds is 6. The SMILES string of the molecule is CCN(Cc1cccc(F)c1)C(=O)CSc1ncn[nH]1. The first-order valence-electron chi connectivity index (χ1n) is 6.19. The molecule has 0 atom stereocenters. The Bertz CT molecular complexity index is 561. The lowest BCUT2D eigenvalue weighted by molar-refractivity contribution is -0.128. The van der Waals surface area contributed by atoms with E-state index in [0.29, 0.717) is 18.2 Å². The second-order valence-electron chi connectivity index (χ2n) is 4.12. The second-order valence-corrected chi connectivity index (χ2v) is 5.08. The zero-order valence-electron chi connectivity index (χ0n) is 11.0. The summed E-state index contributed by atoms with van der Waals surface area (Å²) in [6.07, 6.45) is 1.40. The van der Waals surface area contributed by atoms with Crippen LogP contribution in [0.2, 0.25) is 0 Å². The predicted molar refractivity (Wildman–Crippen MR) is 74.6 cm³/mol. The van der Waals surface area contributed by atoms with Gasteiger partial charge in [-0.1, -0.05) is 23.9 Å². The van der Waals surface area contributed by atoms with Crippen molar-refractivity contribution >= 4 is 17.7 Å². The number of benzene rings is 1. The zero-order chi connectivity index (χ0) is 14.4. The third kappa shape index (κ3) is 4.06. The summed E-state index contributed by atoms with van der Waals surface area (Å²) in [5.41, 5.74) is 0.782. The number of H-pyrrole nitrogens is 1. The molecule has 0 aliphatic heterocycles. The van der Waals surface area contributed by atoms with Crippen molar-refractivity contribution in [3.63, 3.8) is 0 Å². The lowest BCUT2D eigenvalue weighted by Gasteiger charge is -2.20. The topological polar surface area (TPSA) is 61.9 Å². The molecular weight excluding hydrogens is 279 g/mol. The van der Waals surface area contributed by atoms with E-state index in [0.717, 1.165) is 5.56 Å². The van der Waals surface area contributed by atoms with Crippen LogP contribution in [0.5, 0.6) is 0 Å². The summed E-state index contributed by atoms with van der Waals surface area (Å²) in [7, 11) is 0. The molecule has 0 unspecified atom stereocenters. The molecule has 106 valence electrons. The van der Waals surface area contributed by atoms with E-state index in [4.69, 9.17) is 0 Å². The fourth-order valence-electron chi connectivity index (χ4n) is 1.72. The fourth-order valence-corrected chi connectivity index (χ4v) is 2.40. The monoisotopic (exact) mass is 294 g/mol. The van der Waals surface area contributed by atoms with Crippen LogP contribution in [0.25, 0.3) is 0 Å². The summed E-state index contributed by atoms with van der Waals surface area (Å²) in [5.74, 6) is -0.0292. The number of aromatic amines is 1. The van der Waals surface area contributed by atoms with Crippen LogP contribution in [0.1, 0.15) is 12.5 Å². The first-order chi connectivity index (χ1) is 9.69. The van der Waals surface area contributed by atoms with Crippen molar-refractivity contribution in [2.45, 2.75) is 18.6 Å². The molecule has 1 N–H and O–H groups in total. The first-order valence-corrected chi connectivity index (χ1v) is 7.18. The molecule has 0 saturated heterocycles. The Hall–Kier alpha value is -1.89. The summed E-state index contributed by atoms with van der Waals surface area (Å²) in [5, 5.41) is 7.02. The van der Waals surface area contributed by atoms with Crippen molar-refractivity contribution in [2.24, 2.45) is 0 Å². The summed E-state index contributed by atoms with van der Waals surface area (Å²) < 4.78 is 13.1. The van der Waals surface area contributed by atoms with Crippen LogP contribution in [0.3, 0.4) is 0 Å². The van der Waals surface area contributed by atoms with Gasteiger partial charge in [-0.05, 0) is 24.6 Å². The molecule has 7 heteroatoms. The Morgan fingerprint density at radius 2 is 2.35 bits per heavy atom. The van der Waals surface area contributed by atoms with Gasteiger partial charge in [0.15, 0.2) is 5.16 Å². The molecule has 5 nitrogen and oxygen atoms in total. The van der Waals surface area contributed by atoms with Gasteiger partial charge in [0.25, 0.3) is 0 Å². The van der Waals surface area contributed by atoms with Gasteiger partial charge in [-0.15, -0.1) is 0 Å². The van der Waals surface area contributed by atoms with Crippen LogP contribution in [0, 0.1) is 5.82 Å². The van der Waals surface area contributed by atoms with Crippen molar-refractivity contribution in [1.29, 1.82) is 0 Å². The molecule has 2 rings (SSSR count). The number of carbonyl (C=O) groups is 1. The zero-order valence-corrected chi connectivity index (χ0v) is 11.9. The number of aromatic nitrogens is 3. The van der Waals surface area contributed by atoms with Crippen molar-refractivity contribution in [2.75, 3.05) is 12.3 Å². The smallest absolute Gasteiger partial charge is 0.233 e. The highest BCUT2D eigenvalue weighted by atomic mass is 32.2. The largest absolute Gasteiger partial charge is 0.338 e. The standard InChI is InChI=1S/C13H15FN4OS/c1-2-18(7-10-4-3-5-11(14)6-10)12(19)8-20-13-15-9-16-17-13/h3-6,9H,2,7-8H2,1H3,(H,15,16,17).